The number of hydrogen-bond acceptors (Lipinski definition) is 3. The summed E-state index contributed by atoms with van der Waals surface area (Å²) < 4.78 is 6.53. The average Bonchev–Trinajstić information content (AvgIpc) is 2.51. The van der Waals surface area contributed by atoms with E-state index in [-0.39, 0.29) is 6.04 Å². The molecule has 0 fully saturated rings. The zero-order valence-corrected chi connectivity index (χ0v) is 14.1. The summed E-state index contributed by atoms with van der Waals surface area (Å²) in [6.07, 6.45) is 2.91. The van der Waals surface area contributed by atoms with Gasteiger partial charge in [-0.1, -0.05) is 19.1 Å². The second-order valence-corrected chi connectivity index (χ2v) is 5.61. The molecule has 3 nitrogen and oxygen atoms in total. The molecule has 1 aromatic carbocycles. The van der Waals surface area contributed by atoms with Crippen molar-refractivity contribution in [2.24, 2.45) is 0 Å². The molecule has 21 heavy (non-hydrogen) atoms. The van der Waals surface area contributed by atoms with Crippen molar-refractivity contribution >= 4 is 15.9 Å². The minimum absolute atomic E-state index is 0.0798. The molecule has 0 saturated carbocycles. The molecule has 112 valence electrons. The van der Waals surface area contributed by atoms with Crippen molar-refractivity contribution in [3.8, 4) is 5.75 Å². The van der Waals surface area contributed by atoms with Crippen LogP contribution in [0, 0.1) is 0 Å². The molecule has 0 aliphatic carbocycles. The lowest BCUT2D eigenvalue weighted by atomic mass is 10.0. The number of ether oxygens (including phenoxy) is 1. The third-order valence-electron chi connectivity index (χ3n) is 3.18. The van der Waals surface area contributed by atoms with Crippen LogP contribution in [0.15, 0.2) is 47.1 Å². The fraction of sp³-hybridized carbons (Fsp3) is 0.353. The molecule has 0 amide bonds. The summed E-state index contributed by atoms with van der Waals surface area (Å²) in [5, 5.41) is 3.56. The molecule has 0 saturated heterocycles. The monoisotopic (exact) mass is 348 g/mol. The van der Waals surface area contributed by atoms with Crippen LogP contribution in [0.5, 0.6) is 5.75 Å². The molecular weight excluding hydrogens is 328 g/mol. The van der Waals surface area contributed by atoms with Crippen LogP contribution >= 0.6 is 15.9 Å². The van der Waals surface area contributed by atoms with E-state index < -0.39 is 0 Å². The first-order valence-electron chi connectivity index (χ1n) is 7.32. The van der Waals surface area contributed by atoms with Crippen LogP contribution in [-0.2, 0) is 0 Å². The smallest absolute Gasteiger partial charge is 0.119 e. The zero-order valence-electron chi connectivity index (χ0n) is 12.5. The average molecular weight is 349 g/mol. The Bertz CT molecular complexity index is 557. The number of benzene rings is 1. The molecule has 4 heteroatoms. The third kappa shape index (κ3) is 4.29. The highest BCUT2D eigenvalue weighted by atomic mass is 79.9. The van der Waals surface area contributed by atoms with Gasteiger partial charge in [-0.2, -0.15) is 0 Å². The molecule has 1 aromatic heterocycles. The Hall–Kier alpha value is -1.39. The first-order valence-corrected chi connectivity index (χ1v) is 8.12. The van der Waals surface area contributed by atoms with Gasteiger partial charge in [0, 0.05) is 10.7 Å². The maximum absolute atomic E-state index is 5.51. The zero-order chi connectivity index (χ0) is 15.1. The van der Waals surface area contributed by atoms with E-state index in [1.807, 2.05) is 37.4 Å². The van der Waals surface area contributed by atoms with Crippen molar-refractivity contribution in [1.29, 1.82) is 0 Å². The van der Waals surface area contributed by atoms with Gasteiger partial charge < -0.3 is 10.1 Å². The Morgan fingerprint density at radius 3 is 2.57 bits per heavy atom. The highest BCUT2D eigenvalue weighted by molar-refractivity contribution is 9.10. The Morgan fingerprint density at radius 2 is 1.95 bits per heavy atom. The fourth-order valence-electron chi connectivity index (χ4n) is 2.19. The van der Waals surface area contributed by atoms with Crippen LogP contribution in [0.1, 0.15) is 37.6 Å². The molecule has 0 bridgehead atoms. The number of rotatable bonds is 7. The molecule has 1 heterocycles. The number of hydrogen-bond donors (Lipinski definition) is 1. The predicted molar refractivity (Wildman–Crippen MR) is 89.7 cm³/mol. The van der Waals surface area contributed by atoms with Crippen LogP contribution in [0.4, 0.5) is 0 Å². The normalized spacial score (nSPS) is 12.1. The van der Waals surface area contributed by atoms with E-state index in [9.17, 15) is 0 Å². The summed E-state index contributed by atoms with van der Waals surface area (Å²) >= 11 is 3.60. The third-order valence-corrected chi connectivity index (χ3v) is 3.85. The number of aromatic nitrogens is 1. The lowest BCUT2D eigenvalue weighted by Gasteiger charge is -2.20. The van der Waals surface area contributed by atoms with E-state index in [1.165, 1.54) is 5.56 Å². The maximum Gasteiger partial charge on any atom is 0.119 e. The molecule has 1 atom stereocenters. The van der Waals surface area contributed by atoms with Crippen LogP contribution < -0.4 is 10.1 Å². The lowest BCUT2D eigenvalue weighted by Crippen LogP contribution is -2.24. The van der Waals surface area contributed by atoms with Crippen LogP contribution in [0.25, 0.3) is 0 Å². The summed E-state index contributed by atoms with van der Waals surface area (Å²) in [7, 11) is 0. The Kier molecular flexibility index (Phi) is 6.21. The second-order valence-electron chi connectivity index (χ2n) is 4.76. The van der Waals surface area contributed by atoms with Crippen molar-refractivity contribution in [2.45, 2.75) is 26.3 Å². The Labute approximate surface area is 134 Å². The molecule has 2 rings (SSSR count). The predicted octanol–water partition coefficient (Wildman–Crippen LogP) is 4.33. The molecule has 0 aliphatic heterocycles. The lowest BCUT2D eigenvalue weighted by molar-refractivity contribution is 0.340. The van der Waals surface area contributed by atoms with Gasteiger partial charge in [-0.15, -0.1) is 0 Å². The number of nitrogens with one attached hydrogen (secondary N) is 1. The number of halogens is 1. The molecule has 0 spiro atoms. The molecule has 1 N–H and O–H groups in total. The molecule has 1 unspecified atom stereocenters. The van der Waals surface area contributed by atoms with Gasteiger partial charge in [-0.25, -0.2) is 0 Å². The Balaban J connectivity index is 2.29. The quantitative estimate of drug-likeness (QED) is 0.808. The van der Waals surface area contributed by atoms with E-state index in [0.29, 0.717) is 6.61 Å². The van der Waals surface area contributed by atoms with Crippen molar-refractivity contribution < 1.29 is 4.74 Å². The summed E-state index contributed by atoms with van der Waals surface area (Å²) in [5.74, 6) is 0.899. The van der Waals surface area contributed by atoms with Gasteiger partial charge in [-0.05, 0) is 65.6 Å². The first kappa shape index (κ1) is 16.0. The summed E-state index contributed by atoms with van der Waals surface area (Å²) in [5.41, 5.74) is 2.20. The highest BCUT2D eigenvalue weighted by Crippen LogP contribution is 2.27. The van der Waals surface area contributed by atoms with E-state index in [1.54, 1.807) is 0 Å². The van der Waals surface area contributed by atoms with Gasteiger partial charge in [0.1, 0.15) is 5.75 Å². The molecule has 0 radical (unpaired) electrons. The van der Waals surface area contributed by atoms with Crippen molar-refractivity contribution in [2.75, 3.05) is 13.2 Å². The van der Waals surface area contributed by atoms with Gasteiger partial charge in [-0.3, -0.25) is 4.98 Å². The SMILES string of the molecule is CCCNC(c1ccc(OCC)cc1)c1ncccc1Br. The minimum Gasteiger partial charge on any atom is -0.494 e. The molecular formula is C17H21BrN2O. The largest absolute Gasteiger partial charge is 0.494 e. The summed E-state index contributed by atoms with van der Waals surface area (Å²) in [6, 6.07) is 12.3. The highest BCUT2D eigenvalue weighted by Gasteiger charge is 2.17. The van der Waals surface area contributed by atoms with Gasteiger partial charge in [0.2, 0.25) is 0 Å². The van der Waals surface area contributed by atoms with E-state index in [0.717, 1.165) is 28.9 Å². The van der Waals surface area contributed by atoms with Gasteiger partial charge in [0.05, 0.1) is 18.3 Å². The topological polar surface area (TPSA) is 34.1 Å². The van der Waals surface area contributed by atoms with Crippen LogP contribution in [0.3, 0.4) is 0 Å². The molecule has 2 aromatic rings. The molecule has 0 aliphatic rings. The van der Waals surface area contributed by atoms with Crippen molar-refractivity contribution in [3.05, 3.63) is 58.3 Å². The standard InChI is InChI=1S/C17H21BrN2O/c1-3-11-19-16(17-15(18)6-5-12-20-17)13-7-9-14(10-8-13)21-4-2/h5-10,12,16,19H,3-4,11H2,1-2H3. The van der Waals surface area contributed by atoms with Gasteiger partial charge in [0.25, 0.3) is 0 Å². The first-order chi connectivity index (χ1) is 10.3. The summed E-state index contributed by atoms with van der Waals surface area (Å²) in [4.78, 5) is 4.53. The number of nitrogens with zero attached hydrogens (tertiary/aromatic N) is 1. The summed E-state index contributed by atoms with van der Waals surface area (Å²) in [6.45, 7) is 5.78. The van der Waals surface area contributed by atoms with Crippen LogP contribution in [-0.4, -0.2) is 18.1 Å². The van der Waals surface area contributed by atoms with E-state index in [2.05, 4.69) is 45.3 Å². The van der Waals surface area contributed by atoms with Crippen molar-refractivity contribution in [1.82, 2.24) is 10.3 Å². The van der Waals surface area contributed by atoms with Gasteiger partial charge >= 0.3 is 0 Å². The van der Waals surface area contributed by atoms with E-state index in [4.69, 9.17) is 4.74 Å². The fourth-order valence-corrected chi connectivity index (χ4v) is 2.68. The number of pyridine rings is 1. The minimum atomic E-state index is 0.0798. The van der Waals surface area contributed by atoms with E-state index >= 15 is 0 Å². The Morgan fingerprint density at radius 1 is 1.19 bits per heavy atom. The van der Waals surface area contributed by atoms with Gasteiger partial charge in [0.15, 0.2) is 0 Å². The van der Waals surface area contributed by atoms with Crippen LogP contribution in [0.2, 0.25) is 0 Å². The second kappa shape index (κ2) is 8.15. The maximum atomic E-state index is 5.51. The van der Waals surface area contributed by atoms with Crippen molar-refractivity contribution in [3.63, 3.8) is 0 Å².